The fourth-order valence-electron chi connectivity index (χ4n) is 5.63. The van der Waals surface area contributed by atoms with Crippen LogP contribution in [0.25, 0.3) is 0 Å². The maximum absolute atomic E-state index is 12.2. The van der Waals surface area contributed by atoms with Crippen LogP contribution < -0.4 is 0 Å². The topological polar surface area (TPSA) is 89.9 Å². The molecule has 6 nitrogen and oxygen atoms in total. The number of aliphatic hydroxyl groups excluding tert-OH is 1. The zero-order valence-corrected chi connectivity index (χ0v) is 32.6. The number of carbonyl (C=O) groups excluding carboxylic acids is 3. The Morgan fingerprint density at radius 2 is 1.10 bits per heavy atom. The fourth-order valence-corrected chi connectivity index (χ4v) is 5.63. The monoisotopic (exact) mass is 701 g/mol. The number of rotatable bonds is 36. The van der Waals surface area contributed by atoms with E-state index >= 15 is 0 Å². The summed E-state index contributed by atoms with van der Waals surface area (Å²) in [7, 11) is 0. The first-order valence-corrected chi connectivity index (χ1v) is 20.5. The van der Waals surface area contributed by atoms with E-state index in [0.717, 1.165) is 63.7 Å². The van der Waals surface area contributed by atoms with Crippen LogP contribution in [0.2, 0.25) is 0 Å². The Balaban J connectivity index is 3.67. The van der Waals surface area contributed by atoms with Gasteiger partial charge in [-0.3, -0.25) is 14.4 Å². The van der Waals surface area contributed by atoms with Crippen molar-refractivity contribution in [1.82, 2.24) is 0 Å². The van der Waals surface area contributed by atoms with Gasteiger partial charge >= 0.3 is 11.9 Å². The summed E-state index contributed by atoms with van der Waals surface area (Å²) >= 11 is 0. The van der Waals surface area contributed by atoms with Gasteiger partial charge in [0, 0.05) is 19.3 Å². The average molecular weight is 701 g/mol. The maximum Gasteiger partial charge on any atom is 0.306 e. The third-order valence-corrected chi connectivity index (χ3v) is 8.78. The highest BCUT2D eigenvalue weighted by atomic mass is 16.6. The molecule has 0 heterocycles. The van der Waals surface area contributed by atoms with Crippen LogP contribution in [0.15, 0.2) is 48.6 Å². The van der Waals surface area contributed by atoms with Crippen LogP contribution in [0.3, 0.4) is 0 Å². The molecule has 50 heavy (non-hydrogen) atoms. The number of ketones is 1. The highest BCUT2D eigenvalue weighted by molar-refractivity contribution is 5.89. The minimum Gasteiger partial charge on any atom is -0.462 e. The number of aliphatic hydroxyl groups is 1. The molecule has 0 fully saturated rings. The van der Waals surface area contributed by atoms with Crippen molar-refractivity contribution in [2.45, 2.75) is 194 Å². The summed E-state index contributed by atoms with van der Waals surface area (Å²) in [4.78, 5) is 35.9. The number of allylic oxidation sites excluding steroid dienone is 8. The second kappa shape index (κ2) is 37.8. The van der Waals surface area contributed by atoms with E-state index in [1.807, 2.05) is 24.3 Å². The molecule has 0 aromatic rings. The molecule has 288 valence electrons. The molecule has 0 saturated carbocycles. The van der Waals surface area contributed by atoms with E-state index in [9.17, 15) is 19.5 Å². The molecule has 0 amide bonds. The van der Waals surface area contributed by atoms with Crippen molar-refractivity contribution in [1.29, 1.82) is 0 Å². The Morgan fingerprint density at radius 1 is 0.580 bits per heavy atom. The van der Waals surface area contributed by atoms with E-state index in [2.05, 4.69) is 39.0 Å². The van der Waals surface area contributed by atoms with E-state index in [1.54, 1.807) is 6.08 Å². The Labute approximate surface area is 307 Å². The third-order valence-electron chi connectivity index (χ3n) is 8.78. The summed E-state index contributed by atoms with van der Waals surface area (Å²) < 4.78 is 10.6. The van der Waals surface area contributed by atoms with E-state index in [0.29, 0.717) is 19.3 Å². The Bertz CT molecular complexity index is 915. The zero-order valence-electron chi connectivity index (χ0n) is 32.6. The number of hydrogen-bond acceptors (Lipinski definition) is 6. The van der Waals surface area contributed by atoms with Crippen molar-refractivity contribution in [3.05, 3.63) is 48.6 Å². The minimum absolute atomic E-state index is 0.103. The lowest BCUT2D eigenvalue weighted by Gasteiger charge is -2.15. The summed E-state index contributed by atoms with van der Waals surface area (Å²) in [6.45, 7) is 6.29. The molecule has 0 aliphatic rings. The predicted octanol–water partition coefficient (Wildman–Crippen LogP) is 12.0. The predicted molar refractivity (Wildman–Crippen MR) is 210 cm³/mol. The van der Waals surface area contributed by atoms with Crippen molar-refractivity contribution < 1.29 is 29.0 Å². The number of ether oxygens (including phenoxy) is 2. The van der Waals surface area contributed by atoms with E-state index in [1.165, 1.54) is 83.5 Å². The Morgan fingerprint density at radius 3 is 1.68 bits per heavy atom. The van der Waals surface area contributed by atoms with E-state index in [-0.39, 0.29) is 37.4 Å². The van der Waals surface area contributed by atoms with Crippen molar-refractivity contribution >= 4 is 17.7 Å². The van der Waals surface area contributed by atoms with Crippen molar-refractivity contribution in [2.75, 3.05) is 13.2 Å². The molecular weight excluding hydrogens is 624 g/mol. The normalized spacial score (nSPS) is 12.7. The summed E-state index contributed by atoms with van der Waals surface area (Å²) in [6, 6.07) is 0. The number of esters is 2. The highest BCUT2D eigenvalue weighted by Crippen LogP contribution is 2.15. The molecule has 0 radical (unpaired) electrons. The second-order valence-electron chi connectivity index (χ2n) is 14.2. The lowest BCUT2D eigenvalue weighted by atomic mass is 10.0. The van der Waals surface area contributed by atoms with Gasteiger partial charge in [-0.2, -0.15) is 0 Å². The van der Waals surface area contributed by atoms with Crippen LogP contribution >= 0.6 is 0 Å². The summed E-state index contributed by atoms with van der Waals surface area (Å²) in [5, 5.41) is 9.55. The minimum atomic E-state index is -0.817. The van der Waals surface area contributed by atoms with Crippen LogP contribution in [-0.4, -0.2) is 42.1 Å². The van der Waals surface area contributed by atoms with Crippen LogP contribution in [0.1, 0.15) is 188 Å². The van der Waals surface area contributed by atoms with Gasteiger partial charge in [0.2, 0.25) is 0 Å². The summed E-state index contributed by atoms with van der Waals surface area (Å²) in [5.74, 6) is 0.346. The number of unbranched alkanes of at least 4 members (excludes halogenated alkanes) is 17. The summed E-state index contributed by atoms with van der Waals surface area (Å²) in [6.07, 6.45) is 43.0. The molecule has 0 bridgehead atoms. The largest absolute Gasteiger partial charge is 0.462 e. The standard InChI is InChI=1S/C44H76O6/c1-4-5-28-34-41(46)35-30-25-21-17-13-11-15-19-23-27-32-37-44(48)50-42(38-45)39-49-43(47)36-31-26-22-18-14-10-8-6-7-9-12-16-20-24-29-33-40(2)3/h11,13,19,21,23,25,30,35,40,42,45H,4-10,12,14-18,20,22,24,26-29,31-34,36-39H2,1-3H3/b13-11-,23-19-,25-21-,35-30+/t42-/m0/s1. The number of hydrogen-bond donors (Lipinski definition) is 1. The van der Waals surface area contributed by atoms with E-state index in [4.69, 9.17) is 9.47 Å². The SMILES string of the molecule is CCCCCC(=O)/C=C/C=C\C/C=C\C/C=C\CCCC(=O)O[C@@H](CO)COC(=O)CCCCCCCCCCCCCCCCCC(C)C. The highest BCUT2D eigenvalue weighted by Gasteiger charge is 2.16. The first kappa shape index (κ1) is 47.5. The molecule has 0 aliphatic carbocycles. The Hall–Kier alpha value is -2.47. The Kier molecular flexibility index (Phi) is 35.9. The van der Waals surface area contributed by atoms with Crippen molar-refractivity contribution in [3.8, 4) is 0 Å². The zero-order chi connectivity index (χ0) is 36.8. The summed E-state index contributed by atoms with van der Waals surface area (Å²) in [5.41, 5.74) is 0. The van der Waals surface area contributed by atoms with Crippen LogP contribution in [-0.2, 0) is 23.9 Å². The van der Waals surface area contributed by atoms with Crippen LogP contribution in [0, 0.1) is 5.92 Å². The molecule has 0 aliphatic heterocycles. The first-order chi connectivity index (χ1) is 24.4. The molecule has 0 rings (SSSR count). The van der Waals surface area contributed by atoms with Gasteiger partial charge in [-0.1, -0.05) is 172 Å². The molecule has 0 spiro atoms. The second-order valence-corrected chi connectivity index (χ2v) is 14.2. The van der Waals surface area contributed by atoms with Gasteiger partial charge in [-0.05, 0) is 50.5 Å². The molecule has 1 N–H and O–H groups in total. The van der Waals surface area contributed by atoms with Crippen LogP contribution in [0.5, 0.6) is 0 Å². The third kappa shape index (κ3) is 36.8. The van der Waals surface area contributed by atoms with Gasteiger partial charge in [-0.15, -0.1) is 0 Å². The van der Waals surface area contributed by atoms with Crippen LogP contribution in [0.4, 0.5) is 0 Å². The van der Waals surface area contributed by atoms with E-state index < -0.39 is 6.10 Å². The fraction of sp³-hybridized carbons (Fsp3) is 0.750. The van der Waals surface area contributed by atoms with Crippen molar-refractivity contribution in [3.63, 3.8) is 0 Å². The molecule has 6 heteroatoms. The van der Waals surface area contributed by atoms with Crippen molar-refractivity contribution in [2.24, 2.45) is 5.92 Å². The molecule has 0 aromatic heterocycles. The van der Waals surface area contributed by atoms with Gasteiger partial charge in [0.05, 0.1) is 6.61 Å². The van der Waals surface area contributed by atoms with Gasteiger partial charge in [-0.25, -0.2) is 0 Å². The molecule has 0 saturated heterocycles. The smallest absolute Gasteiger partial charge is 0.306 e. The first-order valence-electron chi connectivity index (χ1n) is 20.5. The molecular formula is C44H76O6. The average Bonchev–Trinajstić information content (AvgIpc) is 3.09. The van der Waals surface area contributed by atoms with Gasteiger partial charge in [0.25, 0.3) is 0 Å². The molecule has 0 unspecified atom stereocenters. The van der Waals surface area contributed by atoms with Gasteiger partial charge in [0.1, 0.15) is 6.61 Å². The number of carbonyl (C=O) groups is 3. The lowest BCUT2D eigenvalue weighted by molar-refractivity contribution is -0.161. The maximum atomic E-state index is 12.2. The quantitative estimate of drug-likeness (QED) is 0.0230. The van der Waals surface area contributed by atoms with Gasteiger partial charge in [0.15, 0.2) is 11.9 Å². The van der Waals surface area contributed by atoms with Gasteiger partial charge < -0.3 is 14.6 Å². The lowest BCUT2D eigenvalue weighted by Crippen LogP contribution is -2.28. The molecule has 1 atom stereocenters. The molecule has 0 aromatic carbocycles.